The van der Waals surface area contributed by atoms with Crippen LogP contribution in [0.1, 0.15) is 5.56 Å². The van der Waals surface area contributed by atoms with Crippen molar-refractivity contribution in [3.8, 4) is 5.75 Å². The van der Waals surface area contributed by atoms with Gasteiger partial charge in [-0.3, -0.25) is 4.79 Å². The van der Waals surface area contributed by atoms with E-state index in [1.54, 1.807) is 18.2 Å². The Labute approximate surface area is 185 Å². The third kappa shape index (κ3) is 5.33. The summed E-state index contributed by atoms with van der Waals surface area (Å²) < 4.78 is 37.6. The molecule has 1 amide bonds. The molecule has 160 valence electrons. The van der Waals surface area contributed by atoms with Gasteiger partial charge in [-0.25, -0.2) is 8.42 Å². The molecule has 0 unspecified atom stereocenters. The van der Waals surface area contributed by atoms with Crippen LogP contribution in [0.15, 0.2) is 47.4 Å². The number of rotatable bonds is 6. The Morgan fingerprint density at radius 3 is 2.60 bits per heavy atom. The topological polar surface area (TPSA) is 84.9 Å². The van der Waals surface area contributed by atoms with Crippen LogP contribution in [0.2, 0.25) is 10.0 Å². The molecular weight excluding hydrogens is 451 g/mol. The summed E-state index contributed by atoms with van der Waals surface area (Å²) >= 11 is 12.0. The van der Waals surface area contributed by atoms with Gasteiger partial charge in [-0.1, -0.05) is 23.2 Å². The number of anilines is 1. The lowest BCUT2D eigenvalue weighted by Crippen LogP contribution is -2.40. The molecule has 2 aromatic rings. The van der Waals surface area contributed by atoms with Gasteiger partial charge in [0.25, 0.3) is 0 Å². The van der Waals surface area contributed by atoms with Crippen molar-refractivity contribution in [2.24, 2.45) is 0 Å². The molecule has 1 aliphatic heterocycles. The average molecular weight is 471 g/mol. The van der Waals surface area contributed by atoms with Gasteiger partial charge in [0.05, 0.1) is 30.9 Å². The fraction of sp³-hybridized carbons (Fsp3) is 0.250. The van der Waals surface area contributed by atoms with Crippen LogP contribution in [0, 0.1) is 0 Å². The average Bonchev–Trinajstić information content (AvgIpc) is 2.75. The Bertz CT molecular complexity index is 1070. The summed E-state index contributed by atoms with van der Waals surface area (Å²) in [6.45, 7) is 1.24. The third-order valence-electron chi connectivity index (χ3n) is 4.41. The van der Waals surface area contributed by atoms with E-state index in [2.05, 4.69) is 5.32 Å². The lowest BCUT2D eigenvalue weighted by atomic mass is 10.2. The monoisotopic (exact) mass is 470 g/mol. The molecule has 0 aromatic heterocycles. The Hall–Kier alpha value is -2.10. The Balaban J connectivity index is 1.82. The minimum atomic E-state index is -3.71. The van der Waals surface area contributed by atoms with E-state index in [-0.39, 0.29) is 23.7 Å². The number of methoxy groups -OCH3 is 1. The summed E-state index contributed by atoms with van der Waals surface area (Å²) in [6.07, 6.45) is 2.80. The van der Waals surface area contributed by atoms with Crippen LogP contribution < -0.4 is 10.1 Å². The molecule has 1 fully saturated rings. The molecule has 3 rings (SSSR count). The smallest absolute Gasteiger partial charge is 0.248 e. The van der Waals surface area contributed by atoms with Gasteiger partial charge >= 0.3 is 0 Å². The minimum Gasteiger partial charge on any atom is -0.495 e. The van der Waals surface area contributed by atoms with E-state index in [1.165, 1.54) is 41.8 Å². The van der Waals surface area contributed by atoms with Crippen molar-refractivity contribution < 1.29 is 22.7 Å². The predicted molar refractivity (Wildman–Crippen MR) is 117 cm³/mol. The van der Waals surface area contributed by atoms with E-state index in [0.717, 1.165) is 0 Å². The maximum absolute atomic E-state index is 12.9. The fourth-order valence-electron chi connectivity index (χ4n) is 2.86. The number of nitrogens with zero attached hydrogens (tertiary/aromatic N) is 1. The highest BCUT2D eigenvalue weighted by molar-refractivity contribution is 7.89. The summed E-state index contributed by atoms with van der Waals surface area (Å²) in [6, 6.07) is 9.23. The molecule has 1 saturated heterocycles. The van der Waals surface area contributed by atoms with Crippen LogP contribution in [0.4, 0.5) is 5.69 Å². The number of amides is 1. The molecule has 0 atom stereocenters. The van der Waals surface area contributed by atoms with E-state index < -0.39 is 15.9 Å². The van der Waals surface area contributed by atoms with Crippen LogP contribution in [0.5, 0.6) is 5.75 Å². The minimum absolute atomic E-state index is 0.0577. The second-order valence-corrected chi connectivity index (χ2v) is 9.15. The van der Waals surface area contributed by atoms with Crippen LogP contribution in [0.25, 0.3) is 6.08 Å². The van der Waals surface area contributed by atoms with Crippen LogP contribution in [-0.2, 0) is 19.6 Å². The standard InChI is InChI=1S/C20H20Cl2N2O5S/c1-28-19-6-4-16(30(26,27)24-8-10-29-11-9-24)13-18(19)23-20(25)7-2-14-12-15(21)3-5-17(14)22/h2-7,12-13H,8-11H2,1H3,(H,23,25). The van der Waals surface area contributed by atoms with E-state index in [1.807, 2.05) is 0 Å². The van der Waals surface area contributed by atoms with Crippen molar-refractivity contribution in [1.82, 2.24) is 4.31 Å². The van der Waals surface area contributed by atoms with Crippen molar-refractivity contribution in [2.75, 3.05) is 38.7 Å². The van der Waals surface area contributed by atoms with Crippen molar-refractivity contribution >= 4 is 50.9 Å². The summed E-state index contributed by atoms with van der Waals surface area (Å²) in [7, 11) is -2.28. The normalized spacial score (nSPS) is 15.3. The number of nitrogens with one attached hydrogen (secondary N) is 1. The lowest BCUT2D eigenvalue weighted by Gasteiger charge is -2.26. The highest BCUT2D eigenvalue weighted by Gasteiger charge is 2.27. The van der Waals surface area contributed by atoms with Gasteiger partial charge in [0.1, 0.15) is 5.75 Å². The molecule has 0 bridgehead atoms. The molecule has 0 radical (unpaired) electrons. The molecule has 10 heteroatoms. The number of benzene rings is 2. The predicted octanol–water partition coefficient (Wildman–Crippen LogP) is 3.67. The number of ether oxygens (including phenoxy) is 2. The van der Waals surface area contributed by atoms with Crippen molar-refractivity contribution in [3.63, 3.8) is 0 Å². The Morgan fingerprint density at radius 1 is 1.17 bits per heavy atom. The molecule has 1 N–H and O–H groups in total. The molecule has 0 saturated carbocycles. The largest absolute Gasteiger partial charge is 0.495 e. The van der Waals surface area contributed by atoms with E-state index in [0.29, 0.717) is 34.6 Å². The highest BCUT2D eigenvalue weighted by atomic mass is 35.5. The fourth-order valence-corrected chi connectivity index (χ4v) is 4.66. The lowest BCUT2D eigenvalue weighted by molar-refractivity contribution is -0.111. The maximum Gasteiger partial charge on any atom is 0.248 e. The molecular formula is C20H20Cl2N2O5S. The summed E-state index contributed by atoms with van der Waals surface area (Å²) in [5.41, 5.74) is 0.814. The first-order valence-electron chi connectivity index (χ1n) is 9.01. The Morgan fingerprint density at radius 2 is 1.90 bits per heavy atom. The maximum atomic E-state index is 12.9. The number of hydrogen-bond donors (Lipinski definition) is 1. The molecule has 2 aromatic carbocycles. The van der Waals surface area contributed by atoms with Crippen LogP contribution in [0.3, 0.4) is 0 Å². The SMILES string of the molecule is COc1ccc(S(=O)(=O)N2CCOCC2)cc1NC(=O)C=Cc1cc(Cl)ccc1Cl. The zero-order valence-electron chi connectivity index (χ0n) is 16.1. The molecule has 7 nitrogen and oxygen atoms in total. The summed E-state index contributed by atoms with van der Waals surface area (Å²) in [5.74, 6) is -0.149. The van der Waals surface area contributed by atoms with Gasteiger partial charge in [-0.2, -0.15) is 4.31 Å². The molecule has 30 heavy (non-hydrogen) atoms. The first-order valence-corrected chi connectivity index (χ1v) is 11.2. The van der Waals surface area contributed by atoms with Crippen molar-refractivity contribution in [3.05, 3.63) is 58.1 Å². The zero-order valence-corrected chi connectivity index (χ0v) is 18.4. The van der Waals surface area contributed by atoms with Crippen molar-refractivity contribution in [1.29, 1.82) is 0 Å². The number of hydrogen-bond acceptors (Lipinski definition) is 5. The van der Waals surface area contributed by atoms with Gasteiger partial charge in [0, 0.05) is 29.2 Å². The molecule has 0 aliphatic carbocycles. The second-order valence-electron chi connectivity index (χ2n) is 6.37. The third-order valence-corrected chi connectivity index (χ3v) is 6.88. The van der Waals surface area contributed by atoms with Crippen LogP contribution in [-0.4, -0.2) is 52.0 Å². The first kappa shape index (κ1) is 22.6. The van der Waals surface area contributed by atoms with Gasteiger partial charge in [0.2, 0.25) is 15.9 Å². The van der Waals surface area contributed by atoms with Gasteiger partial charge in [-0.15, -0.1) is 0 Å². The van der Waals surface area contributed by atoms with Crippen molar-refractivity contribution in [2.45, 2.75) is 4.90 Å². The molecule has 1 aliphatic rings. The molecule has 1 heterocycles. The second kappa shape index (κ2) is 9.80. The van der Waals surface area contributed by atoms with E-state index >= 15 is 0 Å². The number of sulfonamides is 1. The number of carbonyl (C=O) groups excluding carboxylic acids is 1. The summed E-state index contributed by atoms with van der Waals surface area (Å²) in [4.78, 5) is 12.5. The van der Waals surface area contributed by atoms with E-state index in [4.69, 9.17) is 32.7 Å². The number of carbonyl (C=O) groups is 1. The van der Waals surface area contributed by atoms with Gasteiger partial charge in [0.15, 0.2) is 0 Å². The highest BCUT2D eigenvalue weighted by Crippen LogP contribution is 2.29. The van der Waals surface area contributed by atoms with Gasteiger partial charge in [-0.05, 0) is 48.0 Å². The quantitative estimate of drug-likeness (QED) is 0.650. The summed E-state index contributed by atoms with van der Waals surface area (Å²) in [5, 5.41) is 3.58. The Kier molecular flexibility index (Phi) is 7.38. The zero-order chi connectivity index (χ0) is 21.7. The van der Waals surface area contributed by atoms with Crippen LogP contribution >= 0.6 is 23.2 Å². The molecule has 0 spiro atoms. The van der Waals surface area contributed by atoms with E-state index in [9.17, 15) is 13.2 Å². The van der Waals surface area contributed by atoms with Gasteiger partial charge < -0.3 is 14.8 Å². The first-order chi connectivity index (χ1) is 14.3. The number of halogens is 2. The number of morpholine rings is 1.